The van der Waals surface area contributed by atoms with Gasteiger partial charge in [0.15, 0.2) is 0 Å². The highest BCUT2D eigenvalue weighted by Crippen LogP contribution is 2.19. The third-order valence-electron chi connectivity index (χ3n) is 1.95. The van der Waals surface area contributed by atoms with Crippen LogP contribution in [0, 0.1) is 0 Å². The lowest BCUT2D eigenvalue weighted by atomic mass is 10.2. The maximum absolute atomic E-state index is 11.9. The Labute approximate surface area is 94.5 Å². The summed E-state index contributed by atoms with van der Waals surface area (Å²) in [5.41, 5.74) is 1.45. The van der Waals surface area contributed by atoms with Crippen LogP contribution in [0.4, 0.5) is 19.1 Å². The molecule has 2 aromatic rings. The molecule has 17 heavy (non-hydrogen) atoms. The Kier molecular flexibility index (Phi) is 2.99. The zero-order valence-corrected chi connectivity index (χ0v) is 8.53. The number of hydrogen-bond donors (Lipinski definition) is 1. The molecule has 0 aliphatic heterocycles. The van der Waals surface area contributed by atoms with E-state index in [2.05, 4.69) is 15.3 Å². The molecule has 0 fully saturated rings. The highest BCUT2D eigenvalue weighted by Gasteiger charge is 2.26. The van der Waals surface area contributed by atoms with Gasteiger partial charge in [-0.05, 0) is 6.07 Å². The quantitative estimate of drug-likeness (QED) is 0.900. The van der Waals surface area contributed by atoms with Crippen molar-refractivity contribution in [3.05, 3.63) is 31.0 Å². The van der Waals surface area contributed by atoms with Crippen molar-refractivity contribution in [3.8, 4) is 11.1 Å². The lowest BCUT2D eigenvalue weighted by Gasteiger charge is -2.07. The largest absolute Gasteiger partial charge is 0.472 e. The number of aromatic nitrogens is 2. The van der Waals surface area contributed by atoms with E-state index in [0.717, 1.165) is 5.56 Å². The van der Waals surface area contributed by atoms with Crippen LogP contribution in [0.5, 0.6) is 0 Å². The van der Waals surface area contributed by atoms with E-state index in [9.17, 15) is 13.2 Å². The maximum Gasteiger partial charge on any atom is 0.405 e. The molecule has 90 valence electrons. The van der Waals surface area contributed by atoms with Crippen LogP contribution in [0.3, 0.4) is 0 Å². The van der Waals surface area contributed by atoms with Crippen LogP contribution in [0.25, 0.3) is 11.1 Å². The first kappa shape index (κ1) is 11.4. The van der Waals surface area contributed by atoms with Gasteiger partial charge < -0.3 is 9.73 Å². The van der Waals surface area contributed by atoms with Crippen molar-refractivity contribution in [3.63, 3.8) is 0 Å². The zero-order valence-electron chi connectivity index (χ0n) is 8.53. The van der Waals surface area contributed by atoms with Crippen molar-refractivity contribution >= 4 is 5.95 Å². The first-order chi connectivity index (χ1) is 8.04. The van der Waals surface area contributed by atoms with Crippen LogP contribution < -0.4 is 5.32 Å². The molecule has 0 spiro atoms. The highest BCUT2D eigenvalue weighted by molar-refractivity contribution is 5.60. The Morgan fingerprint density at radius 2 is 1.88 bits per heavy atom. The van der Waals surface area contributed by atoms with Gasteiger partial charge in [0.25, 0.3) is 0 Å². The van der Waals surface area contributed by atoms with Crippen molar-refractivity contribution in [1.29, 1.82) is 0 Å². The molecule has 0 atom stereocenters. The van der Waals surface area contributed by atoms with Gasteiger partial charge in [0, 0.05) is 23.5 Å². The minimum absolute atomic E-state index is 0.0606. The Hall–Kier alpha value is -2.05. The van der Waals surface area contributed by atoms with Gasteiger partial charge in [-0.15, -0.1) is 0 Å². The number of halogens is 3. The van der Waals surface area contributed by atoms with E-state index in [-0.39, 0.29) is 5.95 Å². The molecule has 0 saturated heterocycles. The van der Waals surface area contributed by atoms with Gasteiger partial charge in [0.2, 0.25) is 5.95 Å². The van der Waals surface area contributed by atoms with Crippen molar-refractivity contribution in [2.45, 2.75) is 6.18 Å². The van der Waals surface area contributed by atoms with Crippen LogP contribution >= 0.6 is 0 Å². The molecular formula is C10H8F3N3O. The third kappa shape index (κ3) is 3.20. The Bertz CT molecular complexity index is 465. The summed E-state index contributed by atoms with van der Waals surface area (Å²) in [6, 6.07) is 1.71. The number of rotatable bonds is 3. The number of furan rings is 1. The van der Waals surface area contributed by atoms with Crippen molar-refractivity contribution in [2.24, 2.45) is 0 Å². The second-order valence-electron chi connectivity index (χ2n) is 3.28. The maximum atomic E-state index is 11.9. The Morgan fingerprint density at radius 3 is 2.41 bits per heavy atom. The van der Waals surface area contributed by atoms with Crippen LogP contribution in [0.2, 0.25) is 0 Å². The third-order valence-corrected chi connectivity index (χ3v) is 1.95. The number of alkyl halides is 3. The SMILES string of the molecule is FC(F)(F)CNc1ncc(-c2ccoc2)cn1. The average Bonchev–Trinajstić information content (AvgIpc) is 2.79. The molecule has 4 nitrogen and oxygen atoms in total. The summed E-state index contributed by atoms with van der Waals surface area (Å²) in [5, 5.41) is 2.09. The average molecular weight is 243 g/mol. The molecule has 0 radical (unpaired) electrons. The molecule has 1 N–H and O–H groups in total. The Morgan fingerprint density at radius 1 is 1.18 bits per heavy atom. The van der Waals surface area contributed by atoms with Crippen molar-refractivity contribution < 1.29 is 17.6 Å². The summed E-state index contributed by atoms with van der Waals surface area (Å²) < 4.78 is 40.6. The smallest absolute Gasteiger partial charge is 0.405 e. The predicted molar refractivity (Wildman–Crippen MR) is 54.3 cm³/mol. The molecule has 0 amide bonds. The van der Waals surface area contributed by atoms with Gasteiger partial charge in [-0.3, -0.25) is 0 Å². The molecule has 0 saturated carbocycles. The number of anilines is 1. The van der Waals surface area contributed by atoms with Crippen LogP contribution in [0.1, 0.15) is 0 Å². The summed E-state index contributed by atoms with van der Waals surface area (Å²) in [6.07, 6.45) is 1.56. The monoisotopic (exact) mass is 243 g/mol. The normalized spacial score (nSPS) is 11.5. The molecule has 0 aliphatic carbocycles. The fraction of sp³-hybridized carbons (Fsp3) is 0.200. The van der Waals surface area contributed by atoms with E-state index < -0.39 is 12.7 Å². The fourth-order valence-electron chi connectivity index (χ4n) is 1.18. The highest BCUT2D eigenvalue weighted by atomic mass is 19.4. The van der Waals surface area contributed by atoms with Crippen LogP contribution in [0.15, 0.2) is 35.4 Å². The number of hydrogen-bond acceptors (Lipinski definition) is 4. The minimum atomic E-state index is -4.29. The molecule has 2 aromatic heterocycles. The van der Waals surface area contributed by atoms with E-state index in [1.54, 1.807) is 6.07 Å². The van der Waals surface area contributed by atoms with E-state index in [0.29, 0.717) is 5.56 Å². The van der Waals surface area contributed by atoms with Gasteiger partial charge in [-0.1, -0.05) is 0 Å². The molecule has 2 heterocycles. The standard InChI is InChI=1S/C10H8F3N3O/c11-10(12,13)6-16-9-14-3-8(4-15-9)7-1-2-17-5-7/h1-5H,6H2,(H,14,15,16). The zero-order chi connectivity index (χ0) is 12.3. The Balaban J connectivity index is 2.04. The van der Waals surface area contributed by atoms with Crippen LogP contribution in [-0.2, 0) is 0 Å². The first-order valence-electron chi connectivity index (χ1n) is 4.70. The summed E-state index contributed by atoms with van der Waals surface area (Å²) in [7, 11) is 0. The summed E-state index contributed by atoms with van der Waals surface area (Å²) in [6.45, 7) is -1.15. The molecular weight excluding hydrogens is 235 g/mol. The molecule has 7 heteroatoms. The fourth-order valence-corrected chi connectivity index (χ4v) is 1.18. The summed E-state index contributed by atoms with van der Waals surface area (Å²) in [4.78, 5) is 7.55. The van der Waals surface area contributed by atoms with E-state index in [1.807, 2.05) is 0 Å². The van der Waals surface area contributed by atoms with Gasteiger partial charge in [0.1, 0.15) is 6.54 Å². The molecule has 0 aromatic carbocycles. The second-order valence-corrected chi connectivity index (χ2v) is 3.28. The molecule has 0 bridgehead atoms. The lowest BCUT2D eigenvalue weighted by molar-refractivity contribution is -0.115. The van der Waals surface area contributed by atoms with Gasteiger partial charge in [0.05, 0.1) is 12.5 Å². The second kappa shape index (κ2) is 4.44. The minimum Gasteiger partial charge on any atom is -0.472 e. The van der Waals surface area contributed by atoms with E-state index >= 15 is 0 Å². The van der Waals surface area contributed by atoms with Crippen molar-refractivity contribution in [1.82, 2.24) is 9.97 Å². The lowest BCUT2D eigenvalue weighted by Crippen LogP contribution is -2.22. The molecule has 2 rings (SSSR count). The van der Waals surface area contributed by atoms with Crippen LogP contribution in [-0.4, -0.2) is 22.7 Å². The van der Waals surface area contributed by atoms with Gasteiger partial charge in [-0.2, -0.15) is 13.2 Å². The summed E-state index contributed by atoms with van der Waals surface area (Å²) >= 11 is 0. The van der Waals surface area contributed by atoms with E-state index in [1.165, 1.54) is 24.9 Å². The topological polar surface area (TPSA) is 51.0 Å². The van der Waals surface area contributed by atoms with Gasteiger partial charge in [-0.25, -0.2) is 9.97 Å². The first-order valence-corrected chi connectivity index (χ1v) is 4.70. The van der Waals surface area contributed by atoms with Gasteiger partial charge >= 0.3 is 6.18 Å². The number of nitrogens with one attached hydrogen (secondary N) is 1. The summed E-state index contributed by atoms with van der Waals surface area (Å²) in [5.74, 6) is -0.0606. The molecule has 0 aliphatic rings. The predicted octanol–water partition coefficient (Wildman–Crippen LogP) is 2.71. The number of nitrogens with zero attached hydrogens (tertiary/aromatic N) is 2. The van der Waals surface area contributed by atoms with E-state index in [4.69, 9.17) is 4.42 Å². The van der Waals surface area contributed by atoms with Crippen molar-refractivity contribution in [2.75, 3.05) is 11.9 Å². The molecule has 0 unspecified atom stereocenters.